The molecule has 3 atom stereocenters. The SMILES string of the molecule is CCN(C(C)CN(C)C)C(C)C1CNCCO1. The summed E-state index contributed by atoms with van der Waals surface area (Å²) in [6.07, 6.45) is 0.327. The third-order valence-electron chi connectivity index (χ3n) is 3.58. The zero-order valence-corrected chi connectivity index (χ0v) is 12.1. The molecule has 0 spiro atoms. The van der Waals surface area contributed by atoms with Gasteiger partial charge in [0.05, 0.1) is 12.7 Å². The first-order valence-corrected chi connectivity index (χ1v) is 6.79. The molecule has 102 valence electrons. The molecule has 1 saturated heterocycles. The number of nitrogens with zero attached hydrogens (tertiary/aromatic N) is 2. The maximum absolute atomic E-state index is 5.86. The number of rotatable bonds is 6. The van der Waals surface area contributed by atoms with Gasteiger partial charge in [0.15, 0.2) is 0 Å². The van der Waals surface area contributed by atoms with Crippen molar-refractivity contribution < 1.29 is 4.74 Å². The summed E-state index contributed by atoms with van der Waals surface area (Å²) in [6, 6.07) is 1.04. The van der Waals surface area contributed by atoms with Gasteiger partial charge in [0.1, 0.15) is 0 Å². The van der Waals surface area contributed by atoms with Crippen LogP contribution >= 0.6 is 0 Å². The van der Waals surface area contributed by atoms with Crippen molar-refractivity contribution >= 4 is 0 Å². The van der Waals surface area contributed by atoms with Gasteiger partial charge in [-0.25, -0.2) is 0 Å². The standard InChI is InChI=1S/C13H29N3O/c1-6-16(11(2)10-15(4)5)12(3)13-9-14-7-8-17-13/h11-14H,6-10H2,1-5H3. The average molecular weight is 243 g/mol. The summed E-state index contributed by atoms with van der Waals surface area (Å²) >= 11 is 0. The van der Waals surface area contributed by atoms with Crippen LogP contribution < -0.4 is 5.32 Å². The number of hydrogen-bond acceptors (Lipinski definition) is 4. The van der Waals surface area contributed by atoms with Gasteiger partial charge >= 0.3 is 0 Å². The Labute approximate surface area is 106 Å². The molecule has 3 unspecified atom stereocenters. The molecular formula is C13H29N3O. The Hall–Kier alpha value is -0.160. The number of morpholine rings is 1. The molecule has 4 nitrogen and oxygen atoms in total. The largest absolute Gasteiger partial charge is 0.374 e. The van der Waals surface area contributed by atoms with Crippen molar-refractivity contribution in [3.63, 3.8) is 0 Å². The lowest BCUT2D eigenvalue weighted by atomic mass is 10.1. The highest BCUT2D eigenvalue weighted by molar-refractivity contribution is 4.83. The van der Waals surface area contributed by atoms with Gasteiger partial charge in [0.2, 0.25) is 0 Å². The van der Waals surface area contributed by atoms with Crippen molar-refractivity contribution in [2.75, 3.05) is 46.9 Å². The van der Waals surface area contributed by atoms with Crippen molar-refractivity contribution in [2.45, 2.75) is 39.0 Å². The van der Waals surface area contributed by atoms with Gasteiger partial charge in [0, 0.05) is 31.7 Å². The molecule has 1 N–H and O–H groups in total. The first-order valence-electron chi connectivity index (χ1n) is 6.79. The molecule has 0 saturated carbocycles. The lowest BCUT2D eigenvalue weighted by Crippen LogP contribution is -2.54. The van der Waals surface area contributed by atoms with Crippen LogP contribution in [0.15, 0.2) is 0 Å². The lowest BCUT2D eigenvalue weighted by Gasteiger charge is -2.40. The first-order chi connectivity index (χ1) is 8.06. The summed E-state index contributed by atoms with van der Waals surface area (Å²) in [5.41, 5.74) is 0. The Morgan fingerprint density at radius 2 is 2.06 bits per heavy atom. The van der Waals surface area contributed by atoms with Gasteiger partial charge in [-0.3, -0.25) is 4.90 Å². The van der Waals surface area contributed by atoms with Crippen molar-refractivity contribution in [1.82, 2.24) is 15.1 Å². The summed E-state index contributed by atoms with van der Waals surface area (Å²) in [6.45, 7) is 11.8. The Kier molecular flexibility index (Phi) is 6.41. The molecule has 0 aromatic carbocycles. The molecule has 1 aliphatic rings. The Bertz CT molecular complexity index is 205. The highest BCUT2D eigenvalue weighted by atomic mass is 16.5. The van der Waals surface area contributed by atoms with Crippen molar-refractivity contribution in [1.29, 1.82) is 0 Å². The van der Waals surface area contributed by atoms with Crippen LogP contribution in [-0.4, -0.2) is 74.9 Å². The van der Waals surface area contributed by atoms with E-state index >= 15 is 0 Å². The van der Waals surface area contributed by atoms with Gasteiger partial charge in [-0.15, -0.1) is 0 Å². The van der Waals surface area contributed by atoms with E-state index < -0.39 is 0 Å². The van der Waals surface area contributed by atoms with E-state index in [-0.39, 0.29) is 0 Å². The fraction of sp³-hybridized carbons (Fsp3) is 1.00. The molecule has 4 heteroatoms. The van der Waals surface area contributed by atoms with E-state index in [0.29, 0.717) is 18.2 Å². The molecule has 1 heterocycles. The molecular weight excluding hydrogens is 214 g/mol. The minimum absolute atomic E-state index is 0.327. The summed E-state index contributed by atoms with van der Waals surface area (Å²) < 4.78 is 5.86. The van der Waals surface area contributed by atoms with E-state index in [2.05, 4.69) is 50.0 Å². The number of likely N-dealkylation sites (N-methyl/N-ethyl adjacent to an activating group) is 2. The zero-order valence-electron chi connectivity index (χ0n) is 12.1. The summed E-state index contributed by atoms with van der Waals surface area (Å²) in [5, 5.41) is 3.41. The minimum Gasteiger partial charge on any atom is -0.374 e. The van der Waals surface area contributed by atoms with Gasteiger partial charge in [-0.05, 0) is 34.5 Å². The van der Waals surface area contributed by atoms with E-state index in [0.717, 1.165) is 32.8 Å². The molecule has 0 radical (unpaired) electrons. The van der Waals surface area contributed by atoms with Gasteiger partial charge in [-0.2, -0.15) is 0 Å². The molecule has 0 bridgehead atoms. The van der Waals surface area contributed by atoms with E-state index in [1.807, 2.05) is 0 Å². The first kappa shape index (κ1) is 14.9. The fourth-order valence-electron chi connectivity index (χ4n) is 2.74. The van der Waals surface area contributed by atoms with Gasteiger partial charge < -0.3 is 15.0 Å². The Balaban J connectivity index is 2.52. The highest BCUT2D eigenvalue weighted by Gasteiger charge is 2.28. The Morgan fingerprint density at radius 1 is 1.35 bits per heavy atom. The Morgan fingerprint density at radius 3 is 2.53 bits per heavy atom. The average Bonchev–Trinajstić information content (AvgIpc) is 2.30. The predicted molar refractivity (Wildman–Crippen MR) is 72.5 cm³/mol. The summed E-state index contributed by atoms with van der Waals surface area (Å²) in [4.78, 5) is 4.79. The van der Waals surface area contributed by atoms with Crippen molar-refractivity contribution in [3.8, 4) is 0 Å². The normalized spacial score (nSPS) is 25.2. The molecule has 0 amide bonds. The highest BCUT2D eigenvalue weighted by Crippen LogP contribution is 2.13. The number of ether oxygens (including phenoxy) is 1. The fourth-order valence-corrected chi connectivity index (χ4v) is 2.74. The topological polar surface area (TPSA) is 27.7 Å². The summed E-state index contributed by atoms with van der Waals surface area (Å²) in [7, 11) is 4.27. The molecule has 1 rings (SSSR count). The molecule has 1 aliphatic heterocycles. The predicted octanol–water partition coefficient (Wildman–Crippen LogP) is 0.635. The molecule has 0 aromatic rings. The molecule has 0 aromatic heterocycles. The maximum Gasteiger partial charge on any atom is 0.0852 e. The van der Waals surface area contributed by atoms with Gasteiger partial charge in [0.25, 0.3) is 0 Å². The van der Waals surface area contributed by atoms with Crippen molar-refractivity contribution in [2.24, 2.45) is 0 Å². The van der Waals surface area contributed by atoms with Crippen LogP contribution in [0.3, 0.4) is 0 Å². The maximum atomic E-state index is 5.86. The van der Waals surface area contributed by atoms with Crippen LogP contribution in [0.1, 0.15) is 20.8 Å². The third kappa shape index (κ3) is 4.54. The van der Waals surface area contributed by atoms with Crippen LogP contribution in [0.4, 0.5) is 0 Å². The van der Waals surface area contributed by atoms with Crippen LogP contribution in [0, 0.1) is 0 Å². The number of nitrogens with one attached hydrogen (secondary N) is 1. The zero-order chi connectivity index (χ0) is 12.8. The minimum atomic E-state index is 0.327. The quantitative estimate of drug-likeness (QED) is 0.741. The monoisotopic (exact) mass is 243 g/mol. The van der Waals surface area contributed by atoms with E-state index in [1.54, 1.807) is 0 Å². The van der Waals surface area contributed by atoms with E-state index in [4.69, 9.17) is 4.74 Å². The third-order valence-corrected chi connectivity index (χ3v) is 3.58. The van der Waals surface area contributed by atoms with Crippen molar-refractivity contribution in [3.05, 3.63) is 0 Å². The molecule has 1 fully saturated rings. The molecule has 17 heavy (non-hydrogen) atoms. The van der Waals surface area contributed by atoms with Crippen LogP contribution in [0.5, 0.6) is 0 Å². The number of hydrogen-bond donors (Lipinski definition) is 1. The lowest BCUT2D eigenvalue weighted by molar-refractivity contribution is -0.0362. The summed E-state index contributed by atoms with van der Waals surface area (Å²) in [5.74, 6) is 0. The van der Waals surface area contributed by atoms with Gasteiger partial charge in [-0.1, -0.05) is 6.92 Å². The second-order valence-corrected chi connectivity index (χ2v) is 5.30. The van der Waals surface area contributed by atoms with Crippen LogP contribution in [0.25, 0.3) is 0 Å². The smallest absolute Gasteiger partial charge is 0.0852 e. The van der Waals surface area contributed by atoms with Crippen LogP contribution in [0.2, 0.25) is 0 Å². The van der Waals surface area contributed by atoms with Crippen LogP contribution in [-0.2, 0) is 4.74 Å². The molecule has 0 aliphatic carbocycles. The van der Waals surface area contributed by atoms with E-state index in [9.17, 15) is 0 Å². The second kappa shape index (κ2) is 7.31. The second-order valence-electron chi connectivity index (χ2n) is 5.30. The van der Waals surface area contributed by atoms with E-state index in [1.165, 1.54) is 0 Å².